The highest BCUT2D eigenvalue weighted by Crippen LogP contribution is 2.35. The van der Waals surface area contributed by atoms with E-state index in [1.807, 2.05) is 0 Å². The fraction of sp³-hybridized carbons (Fsp3) is 0.389. The van der Waals surface area contributed by atoms with Crippen molar-refractivity contribution in [2.75, 3.05) is 18.9 Å². The van der Waals surface area contributed by atoms with Gasteiger partial charge in [0.25, 0.3) is 5.91 Å². The Morgan fingerprint density at radius 1 is 1.36 bits per heavy atom. The van der Waals surface area contributed by atoms with Gasteiger partial charge in [-0.15, -0.1) is 10.2 Å². The van der Waals surface area contributed by atoms with E-state index in [9.17, 15) is 9.18 Å². The van der Waals surface area contributed by atoms with E-state index >= 15 is 0 Å². The van der Waals surface area contributed by atoms with Crippen LogP contribution in [-0.4, -0.2) is 35.4 Å². The fourth-order valence-corrected chi connectivity index (χ4v) is 3.53. The lowest BCUT2D eigenvalue weighted by atomic mass is 10.1. The van der Waals surface area contributed by atoms with Crippen molar-refractivity contribution in [3.05, 3.63) is 45.3 Å². The third-order valence-corrected chi connectivity index (χ3v) is 5.08. The molecule has 1 aromatic heterocycles. The molecule has 1 aromatic carbocycles. The number of carbonyl (C=O) groups is 1. The van der Waals surface area contributed by atoms with E-state index in [2.05, 4.69) is 15.5 Å². The molecular weight excluding hydrogens is 410 g/mol. The van der Waals surface area contributed by atoms with E-state index in [1.165, 1.54) is 18.2 Å². The predicted molar refractivity (Wildman–Crippen MR) is 103 cm³/mol. The summed E-state index contributed by atoms with van der Waals surface area (Å²) >= 11 is 12.1. The summed E-state index contributed by atoms with van der Waals surface area (Å²) in [6.07, 6.45) is 0.713. The molecule has 10 heteroatoms. The number of nitrogens with two attached hydrogens (primary N) is 1. The first-order valence-electron chi connectivity index (χ1n) is 8.68. The van der Waals surface area contributed by atoms with Gasteiger partial charge in [0.15, 0.2) is 17.3 Å². The molecule has 28 heavy (non-hydrogen) atoms. The average Bonchev–Trinajstić information content (AvgIpc) is 2.67. The Labute approximate surface area is 171 Å². The number of aromatic nitrogens is 2. The minimum atomic E-state index is -0.742. The van der Waals surface area contributed by atoms with Crippen LogP contribution in [0, 0.1) is 5.82 Å². The molecule has 1 fully saturated rings. The average molecular weight is 429 g/mol. The van der Waals surface area contributed by atoms with Crippen LogP contribution in [0.5, 0.6) is 5.75 Å². The Balaban J connectivity index is 1.78. The molecule has 0 aliphatic carbocycles. The summed E-state index contributed by atoms with van der Waals surface area (Å²) < 4.78 is 24.8. The molecule has 2 aromatic rings. The zero-order chi connectivity index (χ0) is 20.3. The second-order valence-electron chi connectivity index (χ2n) is 6.36. The molecule has 1 aliphatic heterocycles. The van der Waals surface area contributed by atoms with Crippen LogP contribution in [0.3, 0.4) is 0 Å². The first-order valence-corrected chi connectivity index (χ1v) is 9.44. The lowest BCUT2D eigenvalue weighted by Gasteiger charge is -2.23. The Morgan fingerprint density at radius 2 is 2.07 bits per heavy atom. The molecule has 0 spiro atoms. The second kappa shape index (κ2) is 8.89. The van der Waals surface area contributed by atoms with Gasteiger partial charge < -0.3 is 20.5 Å². The summed E-state index contributed by atoms with van der Waals surface area (Å²) in [5.41, 5.74) is 6.15. The molecule has 7 nitrogen and oxygen atoms in total. The maximum atomic E-state index is 13.8. The predicted octanol–water partition coefficient (Wildman–Crippen LogP) is 3.55. The Morgan fingerprint density at radius 3 is 2.79 bits per heavy atom. The minimum Gasteiger partial charge on any atom is -0.482 e. The van der Waals surface area contributed by atoms with Crippen molar-refractivity contribution in [3.8, 4) is 5.75 Å². The largest absolute Gasteiger partial charge is 0.482 e. The molecule has 3 N–H and O–H groups in total. The van der Waals surface area contributed by atoms with Crippen LogP contribution in [-0.2, 0) is 4.74 Å². The van der Waals surface area contributed by atoms with Gasteiger partial charge in [-0.1, -0.05) is 23.2 Å². The number of rotatable bonds is 5. The van der Waals surface area contributed by atoms with Gasteiger partial charge in [-0.3, -0.25) is 4.79 Å². The van der Waals surface area contributed by atoms with Crippen LogP contribution in [0.25, 0.3) is 0 Å². The number of hydrogen-bond donors (Lipinski definition) is 2. The Kier molecular flexibility index (Phi) is 6.53. The van der Waals surface area contributed by atoms with Crippen molar-refractivity contribution in [2.45, 2.75) is 31.9 Å². The molecule has 1 saturated heterocycles. The van der Waals surface area contributed by atoms with Gasteiger partial charge in [-0.2, -0.15) is 0 Å². The number of halogens is 3. The molecule has 1 unspecified atom stereocenters. The van der Waals surface area contributed by atoms with Crippen molar-refractivity contribution in [3.63, 3.8) is 0 Å². The third kappa shape index (κ3) is 4.63. The summed E-state index contributed by atoms with van der Waals surface area (Å²) in [5, 5.41) is 10.6. The van der Waals surface area contributed by atoms with Gasteiger partial charge in [0, 0.05) is 35.9 Å². The van der Waals surface area contributed by atoms with Crippen molar-refractivity contribution in [1.82, 2.24) is 15.5 Å². The van der Waals surface area contributed by atoms with Crippen LogP contribution >= 0.6 is 23.2 Å². The van der Waals surface area contributed by atoms with Crippen molar-refractivity contribution in [1.29, 1.82) is 0 Å². The number of carbonyl (C=O) groups excluding carboxylic acids is 1. The van der Waals surface area contributed by atoms with Crippen molar-refractivity contribution >= 4 is 34.9 Å². The Hall–Kier alpha value is -2.16. The molecule has 1 amide bonds. The number of nitrogens with zero attached hydrogens (tertiary/aromatic N) is 2. The number of ether oxygens (including phenoxy) is 2. The first kappa shape index (κ1) is 20.6. The zero-order valence-corrected chi connectivity index (χ0v) is 16.6. The van der Waals surface area contributed by atoms with Gasteiger partial charge in [0.2, 0.25) is 0 Å². The maximum absolute atomic E-state index is 13.8. The Bertz CT molecular complexity index is 878. The number of nitrogens with one attached hydrogen (secondary N) is 1. The summed E-state index contributed by atoms with van der Waals surface area (Å²) in [7, 11) is 0. The fourth-order valence-electron chi connectivity index (χ4n) is 2.86. The molecule has 2 heterocycles. The molecular formula is C18H19Cl2FN4O3. The van der Waals surface area contributed by atoms with E-state index in [-0.39, 0.29) is 38.9 Å². The first-order chi connectivity index (χ1) is 13.4. The highest BCUT2D eigenvalue weighted by molar-refractivity contribution is 6.36. The molecule has 3 rings (SSSR count). The summed E-state index contributed by atoms with van der Waals surface area (Å²) in [6, 6.07) is 3.95. The van der Waals surface area contributed by atoms with E-state index in [4.69, 9.17) is 38.4 Å². The lowest BCUT2D eigenvalue weighted by molar-refractivity contribution is 0.0693. The minimum absolute atomic E-state index is 0.00815. The van der Waals surface area contributed by atoms with E-state index < -0.39 is 17.8 Å². The second-order valence-corrected chi connectivity index (χ2v) is 7.14. The van der Waals surface area contributed by atoms with Crippen LogP contribution in [0.4, 0.5) is 10.2 Å². The molecule has 0 saturated carbocycles. The number of hydrogen-bond acceptors (Lipinski definition) is 6. The number of amides is 1. The molecule has 150 valence electrons. The SMILES string of the molecule is CC(Oc1cc(C(=O)NC2CCOCC2)nnc1N)c1c(Cl)ccc(F)c1Cl. The number of nitrogen functional groups attached to an aromatic ring is 1. The molecule has 1 atom stereocenters. The maximum Gasteiger partial charge on any atom is 0.272 e. The summed E-state index contributed by atoms with van der Waals surface area (Å²) in [6.45, 7) is 2.83. The van der Waals surface area contributed by atoms with Crippen LogP contribution in [0.2, 0.25) is 10.0 Å². The summed E-state index contributed by atoms with van der Waals surface area (Å²) in [4.78, 5) is 12.4. The quantitative estimate of drug-likeness (QED) is 0.706. The molecule has 0 radical (unpaired) electrons. The van der Waals surface area contributed by atoms with Gasteiger partial charge in [0.05, 0.1) is 5.02 Å². The van der Waals surface area contributed by atoms with E-state index in [1.54, 1.807) is 6.92 Å². The van der Waals surface area contributed by atoms with Gasteiger partial charge in [0.1, 0.15) is 11.9 Å². The highest BCUT2D eigenvalue weighted by Gasteiger charge is 2.22. The zero-order valence-electron chi connectivity index (χ0n) is 15.0. The van der Waals surface area contributed by atoms with Gasteiger partial charge >= 0.3 is 0 Å². The number of benzene rings is 1. The standard InChI is InChI=1S/C18H19Cl2FN4O3/c1-9(15-11(19)2-3-12(21)16(15)20)28-14-8-13(24-25-17(14)22)18(26)23-10-4-6-27-7-5-10/h2-3,8-10H,4-7H2,1H3,(H2,22,25)(H,23,26). The van der Waals surface area contributed by atoms with Crippen molar-refractivity contribution in [2.24, 2.45) is 0 Å². The van der Waals surface area contributed by atoms with E-state index in [0.717, 1.165) is 12.8 Å². The smallest absolute Gasteiger partial charge is 0.272 e. The lowest BCUT2D eigenvalue weighted by Crippen LogP contribution is -2.39. The van der Waals surface area contributed by atoms with Gasteiger partial charge in [-0.05, 0) is 31.9 Å². The third-order valence-electron chi connectivity index (χ3n) is 4.36. The summed E-state index contributed by atoms with van der Waals surface area (Å²) in [5.74, 6) is -0.901. The van der Waals surface area contributed by atoms with Crippen LogP contribution in [0.15, 0.2) is 18.2 Å². The molecule has 0 bridgehead atoms. The van der Waals surface area contributed by atoms with Gasteiger partial charge in [-0.25, -0.2) is 4.39 Å². The van der Waals surface area contributed by atoms with Crippen LogP contribution in [0.1, 0.15) is 41.9 Å². The molecule has 1 aliphatic rings. The van der Waals surface area contributed by atoms with Crippen LogP contribution < -0.4 is 15.8 Å². The topological polar surface area (TPSA) is 99.4 Å². The van der Waals surface area contributed by atoms with E-state index in [0.29, 0.717) is 13.2 Å². The van der Waals surface area contributed by atoms with Crippen molar-refractivity contribution < 1.29 is 18.7 Å². The normalized spacial score (nSPS) is 15.9. The highest BCUT2D eigenvalue weighted by atomic mass is 35.5. The number of anilines is 1. The monoisotopic (exact) mass is 428 g/mol.